The van der Waals surface area contributed by atoms with Gasteiger partial charge >= 0.3 is 0 Å². The zero-order chi connectivity index (χ0) is 16.3. The van der Waals surface area contributed by atoms with Gasteiger partial charge in [-0.25, -0.2) is 4.39 Å². The summed E-state index contributed by atoms with van der Waals surface area (Å²) >= 11 is 5.51. The van der Waals surface area contributed by atoms with E-state index in [1.165, 1.54) is 44.6 Å². The smallest absolute Gasteiger partial charge is 0.171 e. The molecule has 5 rings (SSSR count). The van der Waals surface area contributed by atoms with Crippen LogP contribution in [0.2, 0.25) is 0 Å². The SMILES string of the molecule is CC12CC3CC(C)(C1)CC(NC(=S)Nc1ccccc1F)(C3)C2. The molecule has 4 fully saturated rings. The lowest BCUT2D eigenvalue weighted by Crippen LogP contribution is -2.65. The number of nitrogens with one attached hydrogen (secondary N) is 2. The molecule has 2 unspecified atom stereocenters. The summed E-state index contributed by atoms with van der Waals surface area (Å²) in [6.45, 7) is 4.89. The summed E-state index contributed by atoms with van der Waals surface area (Å²) in [4.78, 5) is 0. The molecule has 124 valence electrons. The lowest BCUT2D eigenvalue weighted by molar-refractivity contribution is -0.111. The summed E-state index contributed by atoms with van der Waals surface area (Å²) in [7, 11) is 0. The van der Waals surface area contributed by atoms with Crippen LogP contribution in [0.4, 0.5) is 10.1 Å². The van der Waals surface area contributed by atoms with E-state index in [1.54, 1.807) is 12.1 Å². The largest absolute Gasteiger partial charge is 0.357 e. The highest BCUT2D eigenvalue weighted by molar-refractivity contribution is 7.80. The second kappa shape index (κ2) is 4.92. The fraction of sp³-hybridized carbons (Fsp3) is 0.632. The van der Waals surface area contributed by atoms with Crippen LogP contribution in [-0.2, 0) is 0 Å². The minimum absolute atomic E-state index is 0.0955. The Morgan fingerprint density at radius 1 is 1.09 bits per heavy atom. The van der Waals surface area contributed by atoms with Gasteiger partial charge in [0.15, 0.2) is 5.11 Å². The maximum atomic E-state index is 13.8. The first-order valence-electron chi connectivity index (χ1n) is 8.63. The second-order valence-electron chi connectivity index (χ2n) is 8.97. The van der Waals surface area contributed by atoms with Crippen LogP contribution in [0.1, 0.15) is 52.4 Å². The topological polar surface area (TPSA) is 24.1 Å². The van der Waals surface area contributed by atoms with Crippen LogP contribution in [-0.4, -0.2) is 10.7 Å². The van der Waals surface area contributed by atoms with Gasteiger partial charge in [-0.1, -0.05) is 26.0 Å². The highest BCUT2D eigenvalue weighted by atomic mass is 32.1. The fourth-order valence-electron chi connectivity index (χ4n) is 6.54. The van der Waals surface area contributed by atoms with E-state index in [2.05, 4.69) is 24.5 Å². The molecule has 2 N–H and O–H groups in total. The van der Waals surface area contributed by atoms with Crippen LogP contribution in [0.3, 0.4) is 0 Å². The van der Waals surface area contributed by atoms with Gasteiger partial charge in [0.2, 0.25) is 0 Å². The predicted octanol–water partition coefficient (Wildman–Crippen LogP) is 4.86. The standard InChI is InChI=1S/C19H25FN2S/c1-17-7-13-8-18(2,10-17)12-19(9-13,11-17)22-16(23)21-15-6-4-3-5-14(15)20/h3-6,13H,7-12H2,1-2H3,(H2,21,22,23). The number of halogens is 1. The van der Waals surface area contributed by atoms with Gasteiger partial charge in [0, 0.05) is 5.54 Å². The summed E-state index contributed by atoms with van der Waals surface area (Å²) < 4.78 is 13.8. The highest BCUT2D eigenvalue weighted by Gasteiger charge is 2.60. The zero-order valence-electron chi connectivity index (χ0n) is 13.9. The molecule has 0 aromatic heterocycles. The maximum Gasteiger partial charge on any atom is 0.171 e. The molecule has 1 aromatic rings. The molecule has 1 aromatic carbocycles. The Morgan fingerprint density at radius 3 is 2.35 bits per heavy atom. The molecule has 4 aliphatic carbocycles. The molecule has 0 heterocycles. The Balaban J connectivity index is 1.52. The van der Waals surface area contributed by atoms with Gasteiger partial charge in [-0.3, -0.25) is 0 Å². The van der Waals surface area contributed by atoms with E-state index in [9.17, 15) is 4.39 Å². The lowest BCUT2D eigenvalue weighted by atomic mass is 9.43. The van der Waals surface area contributed by atoms with Crippen molar-refractivity contribution in [2.45, 2.75) is 57.9 Å². The van der Waals surface area contributed by atoms with Crippen LogP contribution in [0, 0.1) is 22.6 Å². The summed E-state index contributed by atoms with van der Waals surface area (Å²) in [6, 6.07) is 6.70. The van der Waals surface area contributed by atoms with Crippen molar-refractivity contribution in [1.29, 1.82) is 0 Å². The molecule has 0 saturated heterocycles. The van der Waals surface area contributed by atoms with E-state index >= 15 is 0 Å². The minimum Gasteiger partial charge on any atom is -0.357 e. The number of hydrogen-bond donors (Lipinski definition) is 2. The van der Waals surface area contributed by atoms with Crippen LogP contribution in [0.5, 0.6) is 0 Å². The van der Waals surface area contributed by atoms with Gasteiger partial charge in [0.25, 0.3) is 0 Å². The van der Waals surface area contributed by atoms with Gasteiger partial charge in [0.05, 0.1) is 5.69 Å². The van der Waals surface area contributed by atoms with Gasteiger partial charge in [-0.2, -0.15) is 0 Å². The number of anilines is 1. The Kier molecular flexibility index (Phi) is 3.29. The molecule has 4 saturated carbocycles. The average Bonchev–Trinajstić information content (AvgIpc) is 2.36. The predicted molar refractivity (Wildman–Crippen MR) is 95.9 cm³/mol. The molecule has 4 aliphatic rings. The highest BCUT2D eigenvalue weighted by Crippen LogP contribution is 2.66. The number of thiocarbonyl (C=S) groups is 1. The van der Waals surface area contributed by atoms with Gasteiger partial charge in [-0.05, 0) is 79.6 Å². The zero-order valence-corrected chi connectivity index (χ0v) is 14.7. The molecule has 2 atom stereocenters. The molecule has 0 spiro atoms. The van der Waals surface area contributed by atoms with Crippen molar-refractivity contribution in [3.63, 3.8) is 0 Å². The van der Waals surface area contributed by atoms with Crippen LogP contribution < -0.4 is 10.6 Å². The van der Waals surface area contributed by atoms with E-state index in [0.29, 0.717) is 21.6 Å². The van der Waals surface area contributed by atoms with E-state index in [4.69, 9.17) is 12.2 Å². The van der Waals surface area contributed by atoms with Crippen LogP contribution >= 0.6 is 12.2 Å². The molecular weight excluding hydrogens is 307 g/mol. The molecule has 0 radical (unpaired) electrons. The molecule has 23 heavy (non-hydrogen) atoms. The maximum absolute atomic E-state index is 13.8. The van der Waals surface area contributed by atoms with Crippen molar-refractivity contribution in [1.82, 2.24) is 5.32 Å². The first-order chi connectivity index (χ1) is 10.8. The molecule has 2 nitrogen and oxygen atoms in total. The van der Waals surface area contributed by atoms with Gasteiger partial charge < -0.3 is 10.6 Å². The normalized spacial score (nSPS) is 40.9. The molecule has 0 aliphatic heterocycles. The van der Waals surface area contributed by atoms with E-state index in [-0.39, 0.29) is 11.4 Å². The van der Waals surface area contributed by atoms with E-state index < -0.39 is 0 Å². The van der Waals surface area contributed by atoms with Crippen molar-refractivity contribution in [2.75, 3.05) is 5.32 Å². The summed E-state index contributed by atoms with van der Waals surface area (Å²) in [5.41, 5.74) is 1.43. The van der Waals surface area contributed by atoms with Crippen molar-refractivity contribution < 1.29 is 4.39 Å². The third-order valence-corrected chi connectivity index (χ3v) is 6.33. The number of hydrogen-bond acceptors (Lipinski definition) is 1. The first kappa shape index (κ1) is 15.4. The van der Waals surface area contributed by atoms with Crippen LogP contribution in [0.15, 0.2) is 24.3 Å². The third kappa shape index (κ3) is 2.75. The quantitative estimate of drug-likeness (QED) is 0.756. The third-order valence-electron chi connectivity index (χ3n) is 6.13. The van der Waals surface area contributed by atoms with Gasteiger partial charge in [-0.15, -0.1) is 0 Å². The van der Waals surface area contributed by atoms with Gasteiger partial charge in [0.1, 0.15) is 5.82 Å². The Hall–Kier alpha value is -1.16. The monoisotopic (exact) mass is 332 g/mol. The number of rotatable bonds is 2. The lowest BCUT2D eigenvalue weighted by Gasteiger charge is -2.65. The average molecular weight is 332 g/mol. The first-order valence-corrected chi connectivity index (χ1v) is 9.04. The Bertz CT molecular complexity index is 641. The molecule has 0 amide bonds. The summed E-state index contributed by atoms with van der Waals surface area (Å²) in [6.07, 6.45) is 7.64. The Labute approximate surface area is 143 Å². The van der Waals surface area contributed by atoms with Crippen LogP contribution in [0.25, 0.3) is 0 Å². The fourth-order valence-corrected chi connectivity index (χ4v) is 6.87. The second-order valence-corrected chi connectivity index (χ2v) is 9.38. The molecule has 4 bridgehead atoms. The summed E-state index contributed by atoms with van der Waals surface area (Å²) in [5, 5.41) is 7.22. The Morgan fingerprint density at radius 2 is 1.74 bits per heavy atom. The number of benzene rings is 1. The number of para-hydroxylation sites is 1. The molecule has 4 heteroatoms. The van der Waals surface area contributed by atoms with Crippen molar-refractivity contribution >= 4 is 23.0 Å². The van der Waals surface area contributed by atoms with Crippen molar-refractivity contribution in [2.24, 2.45) is 16.7 Å². The van der Waals surface area contributed by atoms with E-state index in [1.807, 2.05) is 6.07 Å². The van der Waals surface area contributed by atoms with Crippen molar-refractivity contribution in [3.8, 4) is 0 Å². The summed E-state index contributed by atoms with van der Waals surface area (Å²) in [5.74, 6) is 0.547. The van der Waals surface area contributed by atoms with Crippen molar-refractivity contribution in [3.05, 3.63) is 30.1 Å². The minimum atomic E-state index is -0.263. The molecular formula is C19H25FN2S. The van der Waals surface area contributed by atoms with E-state index in [0.717, 1.165) is 5.92 Å².